The Balaban J connectivity index is 1.88. The molecule has 206 valence electrons. The van der Waals surface area contributed by atoms with Crippen LogP contribution in [0.3, 0.4) is 0 Å². The minimum Gasteiger partial charge on any atom is -0.465 e. The van der Waals surface area contributed by atoms with Gasteiger partial charge in [-0.15, -0.1) is 11.8 Å². The van der Waals surface area contributed by atoms with Gasteiger partial charge in [-0.2, -0.15) is 0 Å². The van der Waals surface area contributed by atoms with Crippen LogP contribution >= 0.6 is 11.8 Å². The van der Waals surface area contributed by atoms with Gasteiger partial charge >= 0.3 is 5.97 Å². The number of allylic oxidation sites excluding steroid dienone is 1. The van der Waals surface area contributed by atoms with E-state index in [1.165, 1.54) is 0 Å². The maximum Gasteiger partial charge on any atom is 0.311 e. The average molecular weight is 533 g/mol. The van der Waals surface area contributed by atoms with Crippen LogP contribution in [0.2, 0.25) is 0 Å². The lowest BCUT2D eigenvalue weighted by molar-refractivity contribution is -0.155. The zero-order chi connectivity index (χ0) is 27.4. The summed E-state index contributed by atoms with van der Waals surface area (Å²) in [7, 11) is 0. The first-order chi connectivity index (χ1) is 17.2. The number of aliphatic hydroxyl groups is 1. The predicted molar refractivity (Wildman–Crippen MR) is 146 cm³/mol. The number of aliphatic hydroxyl groups excluding tert-OH is 1. The average Bonchev–Trinajstić information content (AvgIpc) is 3.12. The fourth-order valence-electron chi connectivity index (χ4n) is 7.32. The number of rotatable bonds is 5. The van der Waals surface area contributed by atoms with E-state index in [0.29, 0.717) is 19.6 Å². The van der Waals surface area contributed by atoms with Crippen LogP contribution in [0.1, 0.15) is 74.1 Å². The van der Waals surface area contributed by atoms with E-state index in [1.54, 1.807) is 16.7 Å². The van der Waals surface area contributed by atoms with Gasteiger partial charge in [0.25, 0.3) is 0 Å². The van der Waals surface area contributed by atoms with Crippen LogP contribution in [-0.2, 0) is 19.1 Å². The fourth-order valence-corrected chi connectivity index (χ4v) is 9.46. The number of cyclic esters (lactones) is 1. The normalized spacial score (nSPS) is 36.1. The molecule has 0 aromatic heterocycles. The van der Waals surface area contributed by atoms with E-state index in [1.807, 2.05) is 30.9 Å². The molecule has 0 saturated carbocycles. The molecule has 4 aliphatic rings. The number of esters is 1. The molecule has 4 rings (SSSR count). The predicted octanol–water partition coefficient (Wildman–Crippen LogP) is 3.95. The molecule has 2 saturated heterocycles. The molecule has 4 heterocycles. The minimum atomic E-state index is -0.925. The number of thioether (sulfide) groups is 1. The Morgan fingerprint density at radius 2 is 1.81 bits per heavy atom. The van der Waals surface area contributed by atoms with Gasteiger partial charge in [0.15, 0.2) is 0 Å². The fraction of sp³-hybridized carbons (Fsp3) is 0.759. The van der Waals surface area contributed by atoms with Crippen LogP contribution < -0.4 is 0 Å². The highest BCUT2D eigenvalue weighted by atomic mass is 32.2. The maximum absolute atomic E-state index is 14.6. The number of amides is 2. The van der Waals surface area contributed by atoms with E-state index >= 15 is 0 Å². The standard InChI is InChI=1S/C29H44N2O5S/c1-8-19(17-32)31-22-24(34)30(27(5,6)18-26(2,3)4)15-12-14-29(22)20(23(31)33)21-25(35)36-16-11-9-10-13-28(21,7)37-29/h10,12-14,19-22,32H,8-9,11,15-18H2,1-7H3/b13-10-/t19-,20-,21+,22?,28-,29-/m0/s1. The second kappa shape index (κ2) is 9.74. The first-order valence-electron chi connectivity index (χ1n) is 13.7. The molecular weight excluding hydrogens is 488 g/mol. The number of hydrogen-bond donors (Lipinski definition) is 1. The van der Waals surface area contributed by atoms with Gasteiger partial charge in [0.1, 0.15) is 6.04 Å². The van der Waals surface area contributed by atoms with Crippen molar-refractivity contribution >= 4 is 29.5 Å². The van der Waals surface area contributed by atoms with Gasteiger partial charge in [-0.25, -0.2) is 0 Å². The summed E-state index contributed by atoms with van der Waals surface area (Å²) in [6.07, 6.45) is 11.0. The maximum atomic E-state index is 14.6. The number of hydrogen-bond acceptors (Lipinski definition) is 6. The van der Waals surface area contributed by atoms with Gasteiger partial charge in [-0.1, -0.05) is 52.0 Å². The lowest BCUT2D eigenvalue weighted by Gasteiger charge is -2.45. The van der Waals surface area contributed by atoms with Gasteiger partial charge < -0.3 is 19.6 Å². The Kier molecular flexibility index (Phi) is 7.43. The van der Waals surface area contributed by atoms with Crippen LogP contribution in [0.4, 0.5) is 0 Å². The van der Waals surface area contributed by atoms with Crippen molar-refractivity contribution in [3.8, 4) is 0 Å². The highest BCUT2D eigenvalue weighted by Gasteiger charge is 2.74. The van der Waals surface area contributed by atoms with Crippen molar-refractivity contribution in [1.29, 1.82) is 0 Å². The summed E-state index contributed by atoms with van der Waals surface area (Å²) in [5, 5.41) is 10.3. The molecular formula is C29H44N2O5S. The molecule has 4 aliphatic heterocycles. The van der Waals surface area contributed by atoms with Crippen molar-refractivity contribution < 1.29 is 24.2 Å². The van der Waals surface area contributed by atoms with Crippen molar-refractivity contribution in [1.82, 2.24) is 9.80 Å². The summed E-state index contributed by atoms with van der Waals surface area (Å²) >= 11 is 1.56. The molecule has 2 amide bonds. The summed E-state index contributed by atoms with van der Waals surface area (Å²) in [5.74, 6) is -2.17. The number of carbonyl (C=O) groups is 3. The number of nitrogens with zero attached hydrogens (tertiary/aromatic N) is 2. The molecule has 6 atom stereocenters. The highest BCUT2D eigenvalue weighted by Crippen LogP contribution is 2.65. The number of fused-ring (bicyclic) bond motifs is 2. The summed E-state index contributed by atoms with van der Waals surface area (Å²) in [6, 6.07) is -1.31. The van der Waals surface area contributed by atoms with Crippen LogP contribution in [0.15, 0.2) is 24.3 Å². The summed E-state index contributed by atoms with van der Waals surface area (Å²) in [5.41, 5.74) is -0.457. The summed E-state index contributed by atoms with van der Waals surface area (Å²) in [4.78, 5) is 46.0. The Hall–Kier alpha value is -1.80. The first-order valence-corrected chi connectivity index (χ1v) is 14.5. The molecule has 0 aromatic rings. The van der Waals surface area contributed by atoms with Crippen LogP contribution in [0.25, 0.3) is 0 Å². The van der Waals surface area contributed by atoms with E-state index in [9.17, 15) is 19.5 Å². The highest BCUT2D eigenvalue weighted by molar-refractivity contribution is 8.02. The van der Waals surface area contributed by atoms with E-state index in [4.69, 9.17) is 4.74 Å². The van der Waals surface area contributed by atoms with Gasteiger partial charge in [-0.05, 0) is 51.9 Å². The van der Waals surface area contributed by atoms with E-state index < -0.39 is 39.0 Å². The van der Waals surface area contributed by atoms with Crippen molar-refractivity contribution in [2.45, 2.75) is 101 Å². The summed E-state index contributed by atoms with van der Waals surface area (Å²) in [6.45, 7) is 15.1. The molecule has 1 spiro atoms. The zero-order valence-corrected chi connectivity index (χ0v) is 24.3. The smallest absolute Gasteiger partial charge is 0.311 e. The Bertz CT molecular complexity index is 997. The number of likely N-dealkylation sites (tertiary alicyclic amines) is 1. The first kappa shape index (κ1) is 28.2. The Morgan fingerprint density at radius 1 is 1.11 bits per heavy atom. The van der Waals surface area contributed by atoms with Crippen molar-refractivity contribution in [2.75, 3.05) is 19.8 Å². The van der Waals surface area contributed by atoms with Gasteiger partial charge in [0.05, 0.1) is 35.8 Å². The van der Waals surface area contributed by atoms with Gasteiger partial charge in [0, 0.05) is 16.8 Å². The van der Waals surface area contributed by atoms with Crippen molar-refractivity contribution in [3.63, 3.8) is 0 Å². The molecule has 37 heavy (non-hydrogen) atoms. The van der Waals surface area contributed by atoms with Crippen LogP contribution in [0, 0.1) is 17.3 Å². The molecule has 2 fully saturated rings. The second-order valence-corrected chi connectivity index (χ2v) is 14.9. The van der Waals surface area contributed by atoms with E-state index in [-0.39, 0.29) is 29.8 Å². The molecule has 0 bridgehead atoms. The molecule has 1 N–H and O–H groups in total. The Morgan fingerprint density at radius 3 is 2.43 bits per heavy atom. The quantitative estimate of drug-likeness (QED) is 0.426. The molecule has 7 nitrogen and oxygen atoms in total. The SMILES string of the molecule is CC[C@@H](CO)N1C(=O)[C@@H]2[C@@H]3C(=O)OCCC/C=C\[C@]3(C)S[C@@]23C=CCN(C(C)(C)CC(C)(C)C)C(=O)C13. The third kappa shape index (κ3) is 4.66. The van der Waals surface area contributed by atoms with Gasteiger partial charge in [-0.3, -0.25) is 14.4 Å². The van der Waals surface area contributed by atoms with Crippen molar-refractivity contribution in [3.05, 3.63) is 24.3 Å². The van der Waals surface area contributed by atoms with E-state index in [0.717, 1.165) is 19.3 Å². The molecule has 0 aromatic carbocycles. The third-order valence-electron chi connectivity index (χ3n) is 8.46. The van der Waals surface area contributed by atoms with E-state index in [2.05, 4.69) is 46.8 Å². The van der Waals surface area contributed by atoms with Crippen LogP contribution in [-0.4, -0.2) is 79.6 Å². The summed E-state index contributed by atoms with van der Waals surface area (Å²) < 4.78 is 4.07. The minimum absolute atomic E-state index is 0.00362. The largest absolute Gasteiger partial charge is 0.465 e. The molecule has 0 radical (unpaired) electrons. The molecule has 1 unspecified atom stereocenters. The number of ether oxygens (including phenoxy) is 1. The lowest BCUT2D eigenvalue weighted by Crippen LogP contribution is -2.60. The topological polar surface area (TPSA) is 87.2 Å². The molecule has 0 aliphatic carbocycles. The molecule has 8 heteroatoms. The Labute approximate surface area is 226 Å². The second-order valence-electron chi connectivity index (χ2n) is 13.1. The monoisotopic (exact) mass is 532 g/mol. The van der Waals surface area contributed by atoms with Crippen LogP contribution in [0.5, 0.6) is 0 Å². The van der Waals surface area contributed by atoms with Gasteiger partial charge in [0.2, 0.25) is 11.8 Å². The lowest BCUT2D eigenvalue weighted by atomic mass is 9.74. The third-order valence-corrected chi connectivity index (χ3v) is 10.3. The van der Waals surface area contributed by atoms with Crippen molar-refractivity contribution in [2.24, 2.45) is 17.3 Å². The zero-order valence-electron chi connectivity index (χ0n) is 23.5. The number of carbonyl (C=O) groups excluding carboxylic acids is 3.